The van der Waals surface area contributed by atoms with E-state index in [2.05, 4.69) is 20.9 Å². The van der Waals surface area contributed by atoms with Crippen LogP contribution in [0.15, 0.2) is 138 Å². The first-order chi connectivity index (χ1) is 24.3. The van der Waals surface area contributed by atoms with Crippen molar-refractivity contribution in [2.45, 2.75) is 30.5 Å². The van der Waals surface area contributed by atoms with Crippen molar-refractivity contribution in [3.63, 3.8) is 0 Å². The molecule has 5 N–H and O–H groups in total. The van der Waals surface area contributed by atoms with Gasteiger partial charge in [0.2, 0.25) is 5.79 Å². The number of esters is 3. The highest BCUT2D eigenvalue weighted by Crippen LogP contribution is 2.35. The quantitative estimate of drug-likeness (QED) is 0.104. The van der Waals surface area contributed by atoms with Crippen LogP contribution in [0.3, 0.4) is 0 Å². The molecule has 50 heavy (non-hydrogen) atoms. The van der Waals surface area contributed by atoms with Crippen molar-refractivity contribution < 1.29 is 33.4 Å². The van der Waals surface area contributed by atoms with Gasteiger partial charge in [0.05, 0.1) is 47.6 Å². The van der Waals surface area contributed by atoms with Crippen molar-refractivity contribution in [3.8, 4) is 0 Å². The van der Waals surface area contributed by atoms with Gasteiger partial charge in [-0.25, -0.2) is 19.4 Å². The highest BCUT2D eigenvalue weighted by Gasteiger charge is 2.52. The molecule has 5 atom stereocenters. The summed E-state index contributed by atoms with van der Waals surface area (Å²) in [5, 5.41) is 9.29. The van der Waals surface area contributed by atoms with Crippen LogP contribution in [0.2, 0.25) is 0 Å². The third-order valence-electron chi connectivity index (χ3n) is 8.43. The van der Waals surface area contributed by atoms with Gasteiger partial charge >= 0.3 is 17.9 Å². The number of carbonyl (C=O) groups excluding carboxylic acids is 4. The predicted molar refractivity (Wildman–Crippen MR) is 184 cm³/mol. The number of amides is 1. The third-order valence-corrected chi connectivity index (χ3v) is 8.43. The summed E-state index contributed by atoms with van der Waals surface area (Å²) in [5.74, 6) is -4.64. The number of ether oxygens (including phenoxy) is 3. The van der Waals surface area contributed by atoms with Gasteiger partial charge in [-0.2, -0.15) is 0 Å². The van der Waals surface area contributed by atoms with Gasteiger partial charge in [-0.05, 0) is 55.0 Å². The van der Waals surface area contributed by atoms with E-state index in [0.29, 0.717) is 11.1 Å². The van der Waals surface area contributed by atoms with Gasteiger partial charge in [0.15, 0.2) is 6.10 Å². The maximum atomic E-state index is 13.6. The maximum Gasteiger partial charge on any atom is 0.338 e. The van der Waals surface area contributed by atoms with Gasteiger partial charge in [0.1, 0.15) is 6.10 Å². The van der Waals surface area contributed by atoms with E-state index in [1.807, 2.05) is 0 Å². The van der Waals surface area contributed by atoms with E-state index in [-0.39, 0.29) is 29.9 Å². The minimum Gasteiger partial charge on any atom is -0.462 e. The Labute approximate surface area is 288 Å². The van der Waals surface area contributed by atoms with E-state index in [0.717, 1.165) is 0 Å². The Morgan fingerprint density at radius 1 is 0.700 bits per heavy atom. The molecule has 1 heterocycles. The van der Waals surface area contributed by atoms with Crippen LogP contribution in [0, 0.1) is 5.92 Å². The molecule has 2 aliphatic rings. The van der Waals surface area contributed by atoms with Crippen LogP contribution in [0.4, 0.5) is 0 Å². The highest BCUT2D eigenvalue weighted by molar-refractivity contribution is 5.95. The number of rotatable bonds is 11. The molecule has 6 rings (SSSR count). The molecule has 4 aromatic rings. The van der Waals surface area contributed by atoms with Gasteiger partial charge in [-0.15, -0.1) is 0 Å². The van der Waals surface area contributed by atoms with Crippen molar-refractivity contribution >= 4 is 30.2 Å². The monoisotopic (exact) mass is 673 g/mol. The molecule has 254 valence electrons. The van der Waals surface area contributed by atoms with E-state index < -0.39 is 53.8 Å². The summed E-state index contributed by atoms with van der Waals surface area (Å²) >= 11 is 0. The van der Waals surface area contributed by atoms with E-state index in [4.69, 9.17) is 19.9 Å². The zero-order chi connectivity index (χ0) is 34.9. The summed E-state index contributed by atoms with van der Waals surface area (Å²) in [5.41, 5.74) is 7.85. The topological polar surface area (TPSA) is 170 Å². The number of aliphatic imine (C=N–C) groups is 1. The summed E-state index contributed by atoms with van der Waals surface area (Å²) in [6, 6.07) is 32.9. The smallest absolute Gasteiger partial charge is 0.338 e. The number of nitrogens with one attached hydrogen (secondary N) is 3. The lowest BCUT2D eigenvalue weighted by atomic mass is 10.1. The SMILES string of the molecule is NC1=CN=CNC1(NC(=O)c1ccccc1)NC1CC(COC(=O)c2ccccc2)C(OC(=O)c2ccccc2)C1OC(=O)c1ccccc1. The number of benzene rings is 4. The van der Waals surface area contributed by atoms with Crippen molar-refractivity contribution in [2.75, 3.05) is 6.61 Å². The molecule has 1 saturated carbocycles. The zero-order valence-electron chi connectivity index (χ0n) is 26.8. The molecule has 0 spiro atoms. The Balaban J connectivity index is 1.35. The summed E-state index contributed by atoms with van der Waals surface area (Å²) in [6.07, 6.45) is 0.661. The number of carbonyl (C=O) groups is 4. The van der Waals surface area contributed by atoms with Crippen LogP contribution in [0.5, 0.6) is 0 Å². The molecule has 0 radical (unpaired) electrons. The fourth-order valence-corrected chi connectivity index (χ4v) is 5.89. The standard InChI is InChI=1S/C38H35N5O7/c39-31-22-40-24-41-38(31,43-34(44)25-13-5-1-6-14-25)42-30-21-29(23-48-35(45)26-15-7-2-8-16-26)32(49-36(46)27-17-9-3-10-18-27)33(30)50-37(47)28-19-11-4-12-20-28/h1-20,22,24,29-30,32-33,42H,21,23,39H2,(H,40,41)(H,43,44). The van der Waals surface area contributed by atoms with E-state index in [1.165, 1.54) is 12.5 Å². The molecule has 0 bridgehead atoms. The van der Waals surface area contributed by atoms with Crippen molar-refractivity contribution in [1.29, 1.82) is 0 Å². The molecular formula is C38H35N5O7. The Hall–Kier alpha value is -6.27. The highest BCUT2D eigenvalue weighted by atomic mass is 16.6. The second-order valence-electron chi connectivity index (χ2n) is 11.8. The molecule has 12 nitrogen and oxygen atoms in total. The maximum absolute atomic E-state index is 13.6. The lowest BCUT2D eigenvalue weighted by Crippen LogP contribution is -2.73. The average molecular weight is 674 g/mol. The molecule has 1 aliphatic heterocycles. The van der Waals surface area contributed by atoms with E-state index >= 15 is 0 Å². The van der Waals surface area contributed by atoms with E-state index in [9.17, 15) is 19.2 Å². The fourth-order valence-electron chi connectivity index (χ4n) is 5.89. The molecule has 5 unspecified atom stereocenters. The summed E-state index contributed by atoms with van der Waals surface area (Å²) in [7, 11) is 0. The largest absolute Gasteiger partial charge is 0.462 e. The number of hydrogen-bond acceptors (Lipinski definition) is 11. The third kappa shape index (κ3) is 7.71. The lowest BCUT2D eigenvalue weighted by Gasteiger charge is -2.40. The molecule has 0 saturated heterocycles. The van der Waals surface area contributed by atoms with Gasteiger partial charge in [-0.1, -0.05) is 72.8 Å². The number of hydrogen-bond donors (Lipinski definition) is 4. The minimum absolute atomic E-state index is 0.106. The Morgan fingerprint density at radius 2 is 1.18 bits per heavy atom. The lowest BCUT2D eigenvalue weighted by molar-refractivity contribution is -0.0489. The van der Waals surface area contributed by atoms with Crippen LogP contribution in [0.25, 0.3) is 0 Å². The van der Waals surface area contributed by atoms with Gasteiger partial charge < -0.3 is 30.6 Å². The normalized spacial score (nSPS) is 22.4. The van der Waals surface area contributed by atoms with Crippen LogP contribution in [-0.2, 0) is 14.2 Å². The molecule has 1 fully saturated rings. The average Bonchev–Trinajstić information content (AvgIpc) is 3.47. The first kappa shape index (κ1) is 33.6. The fraction of sp³-hybridized carbons (Fsp3) is 0.184. The van der Waals surface area contributed by atoms with Crippen molar-refractivity contribution in [1.82, 2.24) is 16.0 Å². The molecule has 1 aliphatic carbocycles. The minimum atomic E-state index is -1.61. The Bertz CT molecular complexity index is 1870. The van der Waals surface area contributed by atoms with Crippen LogP contribution < -0.4 is 21.7 Å². The Kier molecular flexibility index (Phi) is 10.3. The Morgan fingerprint density at radius 3 is 1.70 bits per heavy atom. The second-order valence-corrected chi connectivity index (χ2v) is 11.8. The van der Waals surface area contributed by atoms with Crippen LogP contribution in [0.1, 0.15) is 47.9 Å². The summed E-state index contributed by atoms with van der Waals surface area (Å²) in [6.45, 7) is -0.179. The van der Waals surface area contributed by atoms with Crippen LogP contribution in [-0.4, -0.2) is 60.8 Å². The molecule has 1 amide bonds. The molecule has 12 heteroatoms. The zero-order valence-corrected chi connectivity index (χ0v) is 26.8. The first-order valence-corrected chi connectivity index (χ1v) is 16.0. The summed E-state index contributed by atoms with van der Waals surface area (Å²) < 4.78 is 18.0. The molecule has 0 aromatic heterocycles. The van der Waals surface area contributed by atoms with Crippen molar-refractivity contribution in [2.24, 2.45) is 16.6 Å². The van der Waals surface area contributed by atoms with Gasteiger partial charge in [0.25, 0.3) is 5.91 Å². The van der Waals surface area contributed by atoms with Gasteiger partial charge in [-0.3, -0.25) is 10.1 Å². The predicted octanol–water partition coefficient (Wildman–Crippen LogP) is 3.79. The molecular weight excluding hydrogens is 638 g/mol. The number of nitrogens with two attached hydrogens (primary N) is 1. The van der Waals surface area contributed by atoms with Crippen molar-refractivity contribution in [3.05, 3.63) is 155 Å². The van der Waals surface area contributed by atoms with E-state index in [1.54, 1.807) is 121 Å². The summed E-state index contributed by atoms with van der Waals surface area (Å²) in [4.78, 5) is 57.7. The first-order valence-electron chi connectivity index (χ1n) is 16.0. The second kappa shape index (κ2) is 15.3. The number of nitrogens with zero attached hydrogens (tertiary/aromatic N) is 1. The van der Waals surface area contributed by atoms with Gasteiger partial charge in [0, 0.05) is 11.5 Å². The van der Waals surface area contributed by atoms with Crippen LogP contribution >= 0.6 is 0 Å². The molecule has 4 aromatic carbocycles.